The standard InChI is InChI=1S/C17H18FN3O3/c18-13-6-11-15(22)12(17(23)24)7-21(10-3-4-10)16(11)20-14(13)8-1-2-9(19)5-8/h6-10H,1-5,19H2,(H,23,24). The molecule has 2 atom stereocenters. The third-order valence-electron chi connectivity index (χ3n) is 5.02. The topological polar surface area (TPSA) is 98.2 Å². The highest BCUT2D eigenvalue weighted by Crippen LogP contribution is 2.38. The average Bonchev–Trinajstić information content (AvgIpc) is 3.28. The average molecular weight is 331 g/mol. The first-order valence-electron chi connectivity index (χ1n) is 8.20. The van der Waals surface area contributed by atoms with Crippen LogP contribution < -0.4 is 11.2 Å². The largest absolute Gasteiger partial charge is 0.477 e. The Bertz CT molecular complexity index is 904. The molecule has 2 heterocycles. The summed E-state index contributed by atoms with van der Waals surface area (Å²) in [6.07, 6.45) is 5.43. The highest BCUT2D eigenvalue weighted by molar-refractivity contribution is 5.91. The van der Waals surface area contributed by atoms with Crippen molar-refractivity contribution < 1.29 is 14.3 Å². The van der Waals surface area contributed by atoms with Crippen molar-refractivity contribution in [1.29, 1.82) is 0 Å². The fourth-order valence-electron chi connectivity index (χ4n) is 3.60. The molecule has 2 aliphatic carbocycles. The van der Waals surface area contributed by atoms with E-state index in [1.807, 2.05) is 0 Å². The van der Waals surface area contributed by atoms with Crippen LogP contribution >= 0.6 is 0 Å². The Hall–Kier alpha value is -2.28. The van der Waals surface area contributed by atoms with Gasteiger partial charge in [-0.15, -0.1) is 0 Å². The molecule has 6 nitrogen and oxygen atoms in total. The van der Waals surface area contributed by atoms with Gasteiger partial charge in [-0.3, -0.25) is 4.79 Å². The van der Waals surface area contributed by atoms with Crippen LogP contribution in [0.1, 0.15) is 60.1 Å². The van der Waals surface area contributed by atoms with Crippen LogP contribution in [0.3, 0.4) is 0 Å². The van der Waals surface area contributed by atoms with Gasteiger partial charge in [0.2, 0.25) is 5.43 Å². The Morgan fingerprint density at radius 3 is 2.67 bits per heavy atom. The molecule has 2 aromatic rings. The number of hydrogen-bond acceptors (Lipinski definition) is 4. The Balaban J connectivity index is 1.95. The van der Waals surface area contributed by atoms with Gasteiger partial charge in [-0.05, 0) is 38.2 Å². The van der Waals surface area contributed by atoms with Crippen molar-refractivity contribution in [1.82, 2.24) is 9.55 Å². The summed E-state index contributed by atoms with van der Waals surface area (Å²) in [6, 6.07) is 1.32. The molecular formula is C17H18FN3O3. The number of nitrogens with two attached hydrogens (primary N) is 1. The molecule has 126 valence electrons. The van der Waals surface area contributed by atoms with Crippen LogP contribution in [0.15, 0.2) is 17.1 Å². The molecular weight excluding hydrogens is 313 g/mol. The number of pyridine rings is 2. The van der Waals surface area contributed by atoms with Gasteiger partial charge in [0.25, 0.3) is 0 Å². The van der Waals surface area contributed by atoms with Crippen molar-refractivity contribution in [2.45, 2.75) is 50.1 Å². The monoisotopic (exact) mass is 331 g/mol. The molecule has 0 amide bonds. The smallest absolute Gasteiger partial charge is 0.341 e. The summed E-state index contributed by atoms with van der Waals surface area (Å²) in [5.41, 5.74) is 5.61. The first kappa shape index (κ1) is 15.3. The summed E-state index contributed by atoms with van der Waals surface area (Å²) >= 11 is 0. The Kier molecular flexibility index (Phi) is 3.42. The van der Waals surface area contributed by atoms with Crippen LogP contribution in [0.25, 0.3) is 11.0 Å². The van der Waals surface area contributed by atoms with Crippen molar-refractivity contribution in [3.63, 3.8) is 0 Å². The summed E-state index contributed by atoms with van der Waals surface area (Å²) < 4.78 is 16.3. The lowest BCUT2D eigenvalue weighted by atomic mass is 10.0. The van der Waals surface area contributed by atoms with Gasteiger partial charge in [-0.1, -0.05) is 0 Å². The van der Waals surface area contributed by atoms with E-state index in [-0.39, 0.29) is 29.0 Å². The van der Waals surface area contributed by atoms with E-state index in [4.69, 9.17) is 5.73 Å². The highest BCUT2D eigenvalue weighted by Gasteiger charge is 2.31. The number of aromatic nitrogens is 2. The number of rotatable bonds is 3. The summed E-state index contributed by atoms with van der Waals surface area (Å²) in [7, 11) is 0. The number of aromatic carboxylic acids is 1. The first-order chi connectivity index (χ1) is 11.5. The summed E-state index contributed by atoms with van der Waals surface area (Å²) in [5, 5.41) is 9.27. The quantitative estimate of drug-likeness (QED) is 0.898. The van der Waals surface area contributed by atoms with E-state index in [0.29, 0.717) is 17.8 Å². The zero-order valence-corrected chi connectivity index (χ0v) is 13.0. The van der Waals surface area contributed by atoms with E-state index in [1.54, 1.807) is 4.57 Å². The van der Waals surface area contributed by atoms with E-state index in [0.717, 1.165) is 31.7 Å². The highest BCUT2D eigenvalue weighted by atomic mass is 19.1. The van der Waals surface area contributed by atoms with Gasteiger partial charge in [-0.2, -0.15) is 0 Å². The fourth-order valence-corrected chi connectivity index (χ4v) is 3.60. The second-order valence-electron chi connectivity index (χ2n) is 6.81. The second-order valence-corrected chi connectivity index (χ2v) is 6.81. The molecule has 0 radical (unpaired) electrons. The molecule has 2 saturated carbocycles. The van der Waals surface area contributed by atoms with E-state index >= 15 is 0 Å². The number of nitrogens with zero attached hydrogens (tertiary/aromatic N) is 2. The second kappa shape index (κ2) is 5.37. The van der Waals surface area contributed by atoms with Crippen molar-refractivity contribution in [3.8, 4) is 0 Å². The minimum Gasteiger partial charge on any atom is -0.477 e. The fraction of sp³-hybridized carbons (Fsp3) is 0.471. The lowest BCUT2D eigenvalue weighted by molar-refractivity contribution is 0.0695. The number of halogens is 1. The zero-order valence-electron chi connectivity index (χ0n) is 13.0. The maximum atomic E-state index is 14.6. The van der Waals surface area contributed by atoms with Crippen LogP contribution in [0.2, 0.25) is 0 Å². The van der Waals surface area contributed by atoms with Crippen LogP contribution in [0.5, 0.6) is 0 Å². The summed E-state index contributed by atoms with van der Waals surface area (Å²) in [4.78, 5) is 28.2. The SMILES string of the molecule is NC1CCC(c2nc3c(cc2F)c(=O)c(C(=O)O)cn3C2CC2)C1. The molecule has 2 aliphatic rings. The molecule has 0 aromatic carbocycles. The molecule has 0 spiro atoms. The number of carboxylic acids is 1. The van der Waals surface area contributed by atoms with Gasteiger partial charge in [0, 0.05) is 24.2 Å². The summed E-state index contributed by atoms with van der Waals surface area (Å²) in [6.45, 7) is 0. The maximum Gasteiger partial charge on any atom is 0.341 e. The van der Waals surface area contributed by atoms with E-state index in [1.165, 1.54) is 6.20 Å². The van der Waals surface area contributed by atoms with Crippen molar-refractivity contribution in [2.75, 3.05) is 0 Å². The lowest BCUT2D eigenvalue weighted by Gasteiger charge is -2.15. The van der Waals surface area contributed by atoms with Crippen LogP contribution in [-0.2, 0) is 0 Å². The lowest BCUT2D eigenvalue weighted by Crippen LogP contribution is -2.20. The molecule has 4 rings (SSSR count). The molecule has 3 N–H and O–H groups in total. The number of hydrogen-bond donors (Lipinski definition) is 2. The number of carbonyl (C=O) groups is 1. The van der Waals surface area contributed by atoms with Gasteiger partial charge < -0.3 is 15.4 Å². The van der Waals surface area contributed by atoms with E-state index in [9.17, 15) is 19.1 Å². The molecule has 7 heteroatoms. The Labute approximate surface area is 137 Å². The van der Waals surface area contributed by atoms with Gasteiger partial charge in [0.1, 0.15) is 17.0 Å². The predicted octanol–water partition coefficient (Wildman–Crippen LogP) is 2.16. The minimum atomic E-state index is -1.30. The summed E-state index contributed by atoms with van der Waals surface area (Å²) in [5.74, 6) is -1.91. The molecule has 2 fully saturated rings. The molecule has 0 saturated heterocycles. The first-order valence-corrected chi connectivity index (χ1v) is 8.20. The molecule has 0 aliphatic heterocycles. The normalized spacial score (nSPS) is 23.8. The third-order valence-corrected chi connectivity index (χ3v) is 5.02. The maximum absolute atomic E-state index is 14.6. The van der Waals surface area contributed by atoms with Crippen molar-refractivity contribution in [2.24, 2.45) is 5.73 Å². The van der Waals surface area contributed by atoms with E-state index < -0.39 is 17.2 Å². The molecule has 2 unspecified atom stereocenters. The Morgan fingerprint density at radius 2 is 2.08 bits per heavy atom. The molecule has 24 heavy (non-hydrogen) atoms. The predicted molar refractivity (Wildman–Crippen MR) is 85.8 cm³/mol. The van der Waals surface area contributed by atoms with Crippen molar-refractivity contribution >= 4 is 17.0 Å². The van der Waals surface area contributed by atoms with Crippen LogP contribution in [0.4, 0.5) is 4.39 Å². The number of carboxylic acid groups (broad SMARTS) is 1. The van der Waals surface area contributed by atoms with E-state index in [2.05, 4.69) is 4.98 Å². The third kappa shape index (κ3) is 2.39. The van der Waals surface area contributed by atoms with Crippen LogP contribution in [0, 0.1) is 5.82 Å². The van der Waals surface area contributed by atoms with Gasteiger partial charge >= 0.3 is 5.97 Å². The molecule has 0 bridgehead atoms. The number of fused-ring (bicyclic) bond motifs is 1. The van der Waals surface area contributed by atoms with Gasteiger partial charge in [0.15, 0.2) is 0 Å². The minimum absolute atomic E-state index is 0.0327. The van der Waals surface area contributed by atoms with Crippen molar-refractivity contribution in [3.05, 3.63) is 39.6 Å². The Morgan fingerprint density at radius 1 is 1.33 bits per heavy atom. The van der Waals surface area contributed by atoms with Crippen LogP contribution in [-0.4, -0.2) is 26.7 Å². The van der Waals surface area contributed by atoms with Gasteiger partial charge in [0.05, 0.1) is 11.1 Å². The molecule has 2 aromatic heterocycles. The zero-order chi connectivity index (χ0) is 17.0. The van der Waals surface area contributed by atoms with Gasteiger partial charge in [-0.25, -0.2) is 14.2 Å².